The SMILES string of the molecule is CCC(CC(S)S)C(CCOC(=O)CCNS(=O)(=O)c1cccc2c(N(C)C)cccc12)=C(C)N(C=O)Cc1cnc(C)nc1N.Cl. The van der Waals surface area contributed by atoms with Crippen LogP contribution < -0.4 is 15.4 Å². The lowest BCUT2D eigenvalue weighted by Crippen LogP contribution is -2.27. The highest BCUT2D eigenvalue weighted by molar-refractivity contribution is 7.99. The fourth-order valence-corrected chi connectivity index (χ4v) is 7.09. The van der Waals surface area contributed by atoms with E-state index in [9.17, 15) is 18.0 Å². The van der Waals surface area contributed by atoms with Gasteiger partial charge < -0.3 is 20.3 Å². The number of nitrogens with two attached hydrogens (primary N) is 1. The molecule has 3 aromatic rings. The maximum Gasteiger partial charge on any atom is 0.307 e. The molecule has 3 rings (SSSR count). The molecule has 0 aliphatic heterocycles. The Morgan fingerprint density at radius 2 is 1.81 bits per heavy atom. The highest BCUT2D eigenvalue weighted by atomic mass is 35.5. The number of carbonyl (C=O) groups excluding carboxylic acids is 2. The van der Waals surface area contributed by atoms with Crippen LogP contribution in [-0.2, 0) is 30.9 Å². The van der Waals surface area contributed by atoms with Gasteiger partial charge in [-0.3, -0.25) is 9.59 Å². The Balaban J connectivity index is 0.00000768. The van der Waals surface area contributed by atoms with Crippen LogP contribution in [0.3, 0.4) is 0 Å². The summed E-state index contributed by atoms with van der Waals surface area (Å²) >= 11 is 8.92. The standard InChI is InChI=1S/C32H44N6O5S3.ClH/c1-6-23(17-31(44)45)25(21(2)38(20-39)19-24-18-34-22(3)36-32(24)33)14-16-43-30(40)13-15-35-46(41,42)29-12-8-9-26-27(29)10-7-11-28(26)37(4)5;/h7-12,18,20,23,31,35,44-45H,6,13-17,19H2,1-5H3,(H2,33,34,36);1H. The molecule has 0 aliphatic rings. The first-order chi connectivity index (χ1) is 21.8. The summed E-state index contributed by atoms with van der Waals surface area (Å²) in [5, 5.41) is 1.40. The van der Waals surface area contributed by atoms with Crippen molar-refractivity contribution in [3.63, 3.8) is 0 Å². The molecule has 11 nitrogen and oxygen atoms in total. The first kappa shape index (κ1) is 40.1. The summed E-state index contributed by atoms with van der Waals surface area (Å²) in [5.74, 6) is 0.315. The van der Waals surface area contributed by atoms with Gasteiger partial charge in [0.1, 0.15) is 11.6 Å². The van der Waals surface area contributed by atoms with Gasteiger partial charge in [-0.1, -0.05) is 31.2 Å². The zero-order chi connectivity index (χ0) is 34.0. The number of aromatic nitrogens is 2. The minimum Gasteiger partial charge on any atom is -0.465 e. The van der Waals surface area contributed by atoms with Gasteiger partial charge in [-0.15, -0.1) is 12.4 Å². The Labute approximate surface area is 295 Å². The van der Waals surface area contributed by atoms with E-state index in [0.29, 0.717) is 41.1 Å². The number of esters is 1. The van der Waals surface area contributed by atoms with Crippen molar-refractivity contribution < 1.29 is 22.7 Å². The first-order valence-corrected chi connectivity index (χ1v) is 17.5. The van der Waals surface area contributed by atoms with Crippen molar-refractivity contribution in [2.24, 2.45) is 5.92 Å². The Hall–Kier alpha value is -3.04. The molecule has 15 heteroatoms. The number of rotatable bonds is 17. The number of ether oxygens (including phenoxy) is 1. The molecule has 0 fully saturated rings. The van der Waals surface area contributed by atoms with Gasteiger partial charge >= 0.3 is 5.97 Å². The average Bonchev–Trinajstić information content (AvgIpc) is 3.00. The van der Waals surface area contributed by atoms with Gasteiger partial charge in [0.2, 0.25) is 16.4 Å². The average molecular weight is 725 g/mol. The summed E-state index contributed by atoms with van der Waals surface area (Å²) in [6.45, 7) is 5.73. The number of sulfonamides is 1. The highest BCUT2D eigenvalue weighted by Gasteiger charge is 2.22. The zero-order valence-corrected chi connectivity index (χ0v) is 30.8. The van der Waals surface area contributed by atoms with Crippen LogP contribution in [0.15, 0.2) is 58.8 Å². The predicted molar refractivity (Wildman–Crippen MR) is 197 cm³/mol. The number of aryl methyl sites for hydroxylation is 1. The Morgan fingerprint density at radius 1 is 1.13 bits per heavy atom. The van der Waals surface area contributed by atoms with Gasteiger partial charge in [-0.2, -0.15) is 25.3 Å². The highest BCUT2D eigenvalue weighted by Crippen LogP contribution is 2.32. The first-order valence-electron chi connectivity index (χ1n) is 15.0. The molecule has 0 bridgehead atoms. The molecule has 1 amide bonds. The van der Waals surface area contributed by atoms with Crippen LogP contribution in [-0.4, -0.2) is 67.5 Å². The summed E-state index contributed by atoms with van der Waals surface area (Å²) in [4.78, 5) is 36.9. The number of thiol groups is 2. The number of carbonyl (C=O) groups is 2. The van der Waals surface area contributed by atoms with E-state index in [1.807, 2.05) is 51.0 Å². The summed E-state index contributed by atoms with van der Waals surface area (Å²) in [7, 11) is -0.0988. The summed E-state index contributed by atoms with van der Waals surface area (Å²) in [6, 6.07) is 10.6. The van der Waals surface area contributed by atoms with Crippen LogP contribution in [0.5, 0.6) is 0 Å². The van der Waals surface area contributed by atoms with Crippen molar-refractivity contribution in [2.45, 2.75) is 62.5 Å². The minimum absolute atomic E-state index is 0. The summed E-state index contributed by atoms with van der Waals surface area (Å²) < 4.78 is 34.3. The second-order valence-corrected chi connectivity index (χ2v) is 14.5. The van der Waals surface area contributed by atoms with Gasteiger partial charge in [-0.25, -0.2) is 23.1 Å². The second kappa shape index (κ2) is 18.5. The van der Waals surface area contributed by atoms with E-state index in [2.05, 4.69) is 39.9 Å². The molecular formula is C32H45ClN6O5S3. The Morgan fingerprint density at radius 3 is 2.43 bits per heavy atom. The third-order valence-electron chi connectivity index (χ3n) is 7.75. The predicted octanol–water partition coefficient (Wildman–Crippen LogP) is 5.14. The van der Waals surface area contributed by atoms with Gasteiger partial charge in [0.15, 0.2) is 0 Å². The largest absolute Gasteiger partial charge is 0.465 e. The summed E-state index contributed by atoms with van der Waals surface area (Å²) in [6.07, 6.45) is 3.95. The maximum atomic E-state index is 13.2. The molecule has 0 saturated heterocycles. The van der Waals surface area contributed by atoms with Gasteiger partial charge in [-0.05, 0) is 50.3 Å². The van der Waals surface area contributed by atoms with E-state index < -0.39 is 16.0 Å². The zero-order valence-electron chi connectivity index (χ0n) is 27.3. The molecule has 0 spiro atoms. The third kappa shape index (κ3) is 11.0. The van der Waals surface area contributed by atoms with Crippen molar-refractivity contribution in [2.75, 3.05) is 37.9 Å². The van der Waals surface area contributed by atoms with Crippen molar-refractivity contribution >= 4 is 82.3 Å². The smallest absolute Gasteiger partial charge is 0.307 e. The van der Waals surface area contributed by atoms with Crippen molar-refractivity contribution in [1.82, 2.24) is 19.6 Å². The van der Waals surface area contributed by atoms with Crippen LogP contribution in [0.1, 0.15) is 50.9 Å². The molecule has 1 unspecified atom stereocenters. The fraction of sp³-hybridized carbons (Fsp3) is 0.438. The molecule has 0 saturated carbocycles. The number of nitrogens with zero attached hydrogens (tertiary/aromatic N) is 4. The molecule has 3 N–H and O–H groups in total. The topological polar surface area (TPSA) is 148 Å². The van der Waals surface area contributed by atoms with E-state index in [1.165, 1.54) is 0 Å². The monoisotopic (exact) mass is 724 g/mol. The number of hydrogen-bond acceptors (Lipinski definition) is 11. The molecule has 1 aromatic heterocycles. The third-order valence-corrected chi connectivity index (χ3v) is 9.69. The maximum absolute atomic E-state index is 13.2. The quantitative estimate of drug-likeness (QED) is 0.0643. The number of amides is 1. The van der Waals surface area contributed by atoms with E-state index in [1.54, 1.807) is 36.2 Å². The van der Waals surface area contributed by atoms with Crippen molar-refractivity contribution in [3.05, 3.63) is 65.3 Å². The molecule has 47 heavy (non-hydrogen) atoms. The lowest BCUT2D eigenvalue weighted by molar-refractivity contribution is -0.143. The molecule has 0 aliphatic carbocycles. The van der Waals surface area contributed by atoms with Crippen LogP contribution in [0.2, 0.25) is 0 Å². The van der Waals surface area contributed by atoms with Gasteiger partial charge in [0, 0.05) is 65.6 Å². The molecule has 1 heterocycles. The minimum atomic E-state index is -3.89. The Kier molecular flexibility index (Phi) is 15.8. The number of fused-ring (bicyclic) bond motifs is 1. The van der Waals surface area contributed by atoms with Crippen LogP contribution in [0, 0.1) is 12.8 Å². The summed E-state index contributed by atoms with van der Waals surface area (Å²) in [5.41, 5.74) is 9.22. The number of nitrogen functional groups attached to an aromatic ring is 1. The van der Waals surface area contributed by atoms with Gasteiger partial charge in [0.05, 0.1) is 24.5 Å². The Bertz CT molecular complexity index is 1670. The lowest BCUT2D eigenvalue weighted by atomic mass is 9.89. The number of halogens is 1. The van der Waals surface area contributed by atoms with Crippen molar-refractivity contribution in [1.29, 1.82) is 0 Å². The molecular weight excluding hydrogens is 680 g/mol. The van der Waals surface area contributed by atoms with E-state index >= 15 is 0 Å². The fourth-order valence-electron chi connectivity index (χ4n) is 5.33. The van der Waals surface area contributed by atoms with Crippen molar-refractivity contribution in [3.8, 4) is 0 Å². The van der Waals surface area contributed by atoms with E-state index in [4.69, 9.17) is 10.5 Å². The normalized spacial score (nSPS) is 12.7. The lowest BCUT2D eigenvalue weighted by Gasteiger charge is -2.28. The number of hydrogen-bond donors (Lipinski definition) is 4. The number of nitrogens with one attached hydrogen (secondary N) is 1. The van der Waals surface area contributed by atoms with Crippen LogP contribution in [0.25, 0.3) is 10.8 Å². The molecule has 0 radical (unpaired) electrons. The van der Waals surface area contributed by atoms with E-state index in [-0.39, 0.29) is 53.9 Å². The van der Waals surface area contributed by atoms with Crippen LogP contribution in [0.4, 0.5) is 11.5 Å². The number of anilines is 2. The second-order valence-electron chi connectivity index (χ2n) is 11.1. The molecule has 1 atom stereocenters. The number of benzene rings is 2. The van der Waals surface area contributed by atoms with Crippen LogP contribution >= 0.6 is 37.7 Å². The molecule has 2 aromatic carbocycles. The number of allylic oxidation sites excluding steroid dienone is 1. The van der Waals surface area contributed by atoms with Gasteiger partial charge in [0.25, 0.3) is 0 Å². The van der Waals surface area contributed by atoms with E-state index in [0.717, 1.165) is 29.5 Å². The molecule has 258 valence electrons.